The van der Waals surface area contributed by atoms with Gasteiger partial charge in [-0.25, -0.2) is 0 Å². The van der Waals surface area contributed by atoms with Crippen molar-refractivity contribution >= 4 is 23.5 Å². The minimum atomic E-state index is -4.50. The summed E-state index contributed by atoms with van der Waals surface area (Å²) in [5.41, 5.74) is 0.998. The molecule has 0 saturated heterocycles. The van der Waals surface area contributed by atoms with Crippen molar-refractivity contribution in [3.63, 3.8) is 0 Å². The van der Waals surface area contributed by atoms with Crippen LogP contribution in [0.2, 0.25) is 0 Å². The molecular formula is C22H21F3N4O2S. The van der Waals surface area contributed by atoms with E-state index in [2.05, 4.69) is 15.5 Å². The van der Waals surface area contributed by atoms with Crippen LogP contribution in [-0.4, -0.2) is 38.8 Å². The summed E-state index contributed by atoms with van der Waals surface area (Å²) in [4.78, 5) is 23.7. The number of carbonyl (C=O) groups excluding carboxylic acids is 2. The number of alkyl halides is 3. The zero-order valence-corrected chi connectivity index (χ0v) is 18.3. The number of hydrogen-bond acceptors (Lipinski definition) is 5. The van der Waals surface area contributed by atoms with Crippen LogP contribution in [0.15, 0.2) is 53.7 Å². The van der Waals surface area contributed by atoms with E-state index >= 15 is 0 Å². The molecule has 6 nitrogen and oxygen atoms in total. The van der Waals surface area contributed by atoms with Gasteiger partial charge in [-0.2, -0.15) is 13.2 Å². The zero-order valence-electron chi connectivity index (χ0n) is 17.4. The Hall–Kier alpha value is -3.14. The van der Waals surface area contributed by atoms with E-state index in [9.17, 15) is 22.8 Å². The number of benzene rings is 2. The fraction of sp³-hybridized carbons (Fsp3) is 0.273. The third-order valence-electron chi connectivity index (χ3n) is 4.56. The maximum Gasteiger partial charge on any atom is 0.416 e. The predicted octanol–water partition coefficient (Wildman–Crippen LogP) is 4.25. The Labute approximate surface area is 187 Å². The highest BCUT2D eigenvalue weighted by atomic mass is 32.2. The second kappa shape index (κ2) is 9.99. The SMILES string of the molecule is CC(=O)NCCc1nnc(SCC(=O)c2ccc(C)cc2)n1-c1cccc(C(F)(F)F)c1. The summed E-state index contributed by atoms with van der Waals surface area (Å²) in [6.07, 6.45) is -4.25. The molecule has 0 aliphatic heterocycles. The highest BCUT2D eigenvalue weighted by Crippen LogP contribution is 2.32. The summed E-state index contributed by atoms with van der Waals surface area (Å²) in [5.74, 6) is 0.0662. The predicted molar refractivity (Wildman–Crippen MR) is 115 cm³/mol. The molecule has 0 bridgehead atoms. The minimum Gasteiger partial charge on any atom is -0.356 e. The summed E-state index contributed by atoms with van der Waals surface area (Å²) < 4.78 is 41.2. The number of thioether (sulfide) groups is 1. The molecule has 0 unspecified atom stereocenters. The number of aromatic nitrogens is 3. The van der Waals surface area contributed by atoms with Crippen LogP contribution in [-0.2, 0) is 17.4 Å². The summed E-state index contributed by atoms with van der Waals surface area (Å²) in [5, 5.41) is 11.1. The van der Waals surface area contributed by atoms with Gasteiger partial charge >= 0.3 is 6.18 Å². The molecule has 0 aliphatic rings. The standard InChI is InChI=1S/C22H21F3N4O2S/c1-14-6-8-16(9-7-14)19(31)13-32-21-28-27-20(10-11-26-15(2)30)29(21)18-5-3-4-17(12-18)22(23,24)25/h3-9,12H,10-11,13H2,1-2H3,(H,26,30). The van der Waals surface area contributed by atoms with E-state index in [-0.39, 0.29) is 36.1 Å². The molecule has 0 aliphatic carbocycles. The largest absolute Gasteiger partial charge is 0.416 e. The molecule has 1 aromatic heterocycles. The average Bonchev–Trinajstić information content (AvgIpc) is 3.14. The first-order valence-electron chi connectivity index (χ1n) is 9.74. The van der Waals surface area contributed by atoms with Crippen molar-refractivity contribution < 1.29 is 22.8 Å². The first-order chi connectivity index (χ1) is 15.1. The molecule has 3 aromatic rings. The Morgan fingerprint density at radius 3 is 2.47 bits per heavy atom. The van der Waals surface area contributed by atoms with Crippen molar-refractivity contribution in [3.05, 3.63) is 71.0 Å². The number of halogens is 3. The van der Waals surface area contributed by atoms with Gasteiger partial charge in [0, 0.05) is 31.1 Å². The summed E-state index contributed by atoms with van der Waals surface area (Å²) in [7, 11) is 0. The van der Waals surface area contributed by atoms with Gasteiger partial charge in [0.2, 0.25) is 5.91 Å². The third-order valence-corrected chi connectivity index (χ3v) is 5.49. The molecule has 32 heavy (non-hydrogen) atoms. The highest BCUT2D eigenvalue weighted by Gasteiger charge is 2.31. The van der Waals surface area contributed by atoms with Gasteiger partial charge in [-0.1, -0.05) is 47.7 Å². The van der Waals surface area contributed by atoms with Crippen LogP contribution in [0.3, 0.4) is 0 Å². The van der Waals surface area contributed by atoms with Crippen molar-refractivity contribution in [2.75, 3.05) is 12.3 Å². The summed E-state index contributed by atoms with van der Waals surface area (Å²) >= 11 is 1.09. The number of hydrogen-bond donors (Lipinski definition) is 1. The Kier molecular flexibility index (Phi) is 7.34. The van der Waals surface area contributed by atoms with Gasteiger partial charge in [0.25, 0.3) is 0 Å². The smallest absolute Gasteiger partial charge is 0.356 e. The average molecular weight is 462 g/mol. The van der Waals surface area contributed by atoms with E-state index in [4.69, 9.17) is 0 Å². The summed E-state index contributed by atoms with van der Waals surface area (Å²) in [6, 6.07) is 12.0. The molecule has 0 atom stereocenters. The maximum atomic E-state index is 13.2. The fourth-order valence-corrected chi connectivity index (χ4v) is 3.80. The van der Waals surface area contributed by atoms with E-state index in [1.54, 1.807) is 12.1 Å². The molecule has 168 valence electrons. The van der Waals surface area contributed by atoms with E-state index < -0.39 is 11.7 Å². The van der Waals surface area contributed by atoms with Gasteiger partial charge < -0.3 is 5.32 Å². The normalized spacial score (nSPS) is 11.4. The van der Waals surface area contributed by atoms with Crippen LogP contribution in [0, 0.1) is 6.92 Å². The Balaban J connectivity index is 1.89. The molecule has 2 aromatic carbocycles. The van der Waals surface area contributed by atoms with Gasteiger partial charge in [-0.05, 0) is 25.1 Å². The summed E-state index contributed by atoms with van der Waals surface area (Å²) in [6.45, 7) is 3.54. The molecule has 0 radical (unpaired) electrons. The molecular weight excluding hydrogens is 441 g/mol. The second-order valence-electron chi connectivity index (χ2n) is 7.09. The van der Waals surface area contributed by atoms with Gasteiger partial charge in [0.1, 0.15) is 5.82 Å². The van der Waals surface area contributed by atoms with E-state index in [1.807, 2.05) is 19.1 Å². The van der Waals surface area contributed by atoms with Gasteiger partial charge in [-0.15, -0.1) is 10.2 Å². The van der Waals surface area contributed by atoms with Crippen LogP contribution in [0.25, 0.3) is 5.69 Å². The van der Waals surface area contributed by atoms with Crippen LogP contribution >= 0.6 is 11.8 Å². The lowest BCUT2D eigenvalue weighted by Gasteiger charge is -2.13. The van der Waals surface area contributed by atoms with Gasteiger partial charge in [0.15, 0.2) is 10.9 Å². The Morgan fingerprint density at radius 2 is 1.81 bits per heavy atom. The topological polar surface area (TPSA) is 76.9 Å². The molecule has 1 heterocycles. The van der Waals surface area contributed by atoms with Crippen LogP contribution in [0.5, 0.6) is 0 Å². The number of ketones is 1. The molecule has 1 amide bonds. The number of aryl methyl sites for hydroxylation is 1. The fourth-order valence-electron chi connectivity index (χ4n) is 2.94. The lowest BCUT2D eigenvalue weighted by Crippen LogP contribution is -2.23. The van der Waals surface area contributed by atoms with Crippen LogP contribution in [0.4, 0.5) is 13.2 Å². The van der Waals surface area contributed by atoms with Gasteiger partial charge in [-0.3, -0.25) is 14.2 Å². The van der Waals surface area contributed by atoms with Crippen molar-refractivity contribution in [2.45, 2.75) is 31.6 Å². The number of nitrogens with zero attached hydrogens (tertiary/aromatic N) is 3. The first-order valence-corrected chi connectivity index (χ1v) is 10.7. The quantitative estimate of drug-likeness (QED) is 0.400. The number of carbonyl (C=O) groups is 2. The van der Waals surface area contributed by atoms with Gasteiger partial charge in [0.05, 0.1) is 11.3 Å². The number of nitrogens with one attached hydrogen (secondary N) is 1. The number of amides is 1. The lowest BCUT2D eigenvalue weighted by atomic mass is 10.1. The number of rotatable bonds is 8. The monoisotopic (exact) mass is 462 g/mol. The zero-order chi connectivity index (χ0) is 23.3. The van der Waals surface area contributed by atoms with Crippen LogP contribution in [0.1, 0.15) is 34.2 Å². The Morgan fingerprint density at radius 1 is 1.09 bits per heavy atom. The van der Waals surface area contributed by atoms with Crippen molar-refractivity contribution in [2.24, 2.45) is 0 Å². The van der Waals surface area contributed by atoms with Crippen LogP contribution < -0.4 is 5.32 Å². The van der Waals surface area contributed by atoms with E-state index in [0.29, 0.717) is 16.5 Å². The Bertz CT molecular complexity index is 1110. The molecule has 10 heteroatoms. The van der Waals surface area contributed by atoms with Crippen molar-refractivity contribution in [1.82, 2.24) is 20.1 Å². The molecule has 0 fully saturated rings. The second-order valence-corrected chi connectivity index (χ2v) is 8.04. The molecule has 0 spiro atoms. The minimum absolute atomic E-state index is 0.0475. The molecule has 1 N–H and O–H groups in total. The third kappa shape index (κ3) is 5.97. The van der Waals surface area contributed by atoms with Crippen molar-refractivity contribution in [3.8, 4) is 5.69 Å². The first kappa shape index (κ1) is 23.5. The number of Topliss-reactive ketones (excluding diaryl/α,β-unsaturated/α-hetero) is 1. The van der Waals surface area contributed by atoms with E-state index in [1.165, 1.54) is 23.6 Å². The van der Waals surface area contributed by atoms with Crippen molar-refractivity contribution in [1.29, 1.82) is 0 Å². The highest BCUT2D eigenvalue weighted by molar-refractivity contribution is 7.99. The van der Waals surface area contributed by atoms with E-state index in [0.717, 1.165) is 29.5 Å². The molecule has 3 rings (SSSR count). The molecule has 0 saturated carbocycles. The lowest BCUT2D eigenvalue weighted by molar-refractivity contribution is -0.137. The maximum absolute atomic E-state index is 13.2.